The third-order valence-corrected chi connectivity index (χ3v) is 3.17. The topological polar surface area (TPSA) is 29.3 Å². The molecule has 1 atom stereocenters. The van der Waals surface area contributed by atoms with Crippen LogP contribution in [0.3, 0.4) is 0 Å². The first-order valence-corrected chi connectivity index (χ1v) is 6.43. The fourth-order valence-corrected chi connectivity index (χ4v) is 2.15. The van der Waals surface area contributed by atoms with Crippen molar-refractivity contribution < 1.29 is 0 Å². The molecule has 15 heavy (non-hydrogen) atoms. The zero-order valence-corrected chi connectivity index (χ0v) is 11.3. The summed E-state index contributed by atoms with van der Waals surface area (Å²) in [5, 5.41) is 0. The van der Waals surface area contributed by atoms with Gasteiger partial charge < -0.3 is 10.6 Å². The second kappa shape index (κ2) is 7.24. The van der Waals surface area contributed by atoms with Crippen LogP contribution in [0, 0.1) is 5.41 Å². The van der Waals surface area contributed by atoms with E-state index in [1.165, 1.54) is 25.8 Å². The molecule has 0 rings (SSSR count). The zero-order chi connectivity index (χ0) is 11.9. The molecule has 0 radical (unpaired) electrons. The van der Waals surface area contributed by atoms with Crippen LogP contribution in [0.4, 0.5) is 0 Å². The molecule has 2 heteroatoms. The van der Waals surface area contributed by atoms with Gasteiger partial charge in [0.2, 0.25) is 0 Å². The average molecular weight is 214 g/mol. The highest BCUT2D eigenvalue weighted by Crippen LogP contribution is 2.24. The summed E-state index contributed by atoms with van der Waals surface area (Å²) >= 11 is 0. The molecule has 0 amide bonds. The molecule has 0 aromatic heterocycles. The summed E-state index contributed by atoms with van der Waals surface area (Å²) in [6.45, 7) is 14.5. The Hall–Kier alpha value is -0.0800. The molecule has 0 aliphatic heterocycles. The fourth-order valence-electron chi connectivity index (χ4n) is 2.15. The standard InChI is InChI=1S/C13H30N2/c1-6-8-13(5,10-14)11-15(9-7-2)12(3)4/h12H,6-11,14H2,1-5H3. The minimum Gasteiger partial charge on any atom is -0.330 e. The number of hydrogen-bond acceptors (Lipinski definition) is 2. The first-order valence-electron chi connectivity index (χ1n) is 6.43. The molecule has 0 aliphatic rings. The Labute approximate surface area is 96.2 Å². The second-order valence-corrected chi connectivity index (χ2v) is 5.33. The van der Waals surface area contributed by atoms with E-state index in [1.807, 2.05) is 0 Å². The van der Waals surface area contributed by atoms with Gasteiger partial charge in [-0.2, -0.15) is 0 Å². The summed E-state index contributed by atoms with van der Waals surface area (Å²) in [4.78, 5) is 2.56. The summed E-state index contributed by atoms with van der Waals surface area (Å²) in [5.74, 6) is 0. The maximum atomic E-state index is 5.91. The van der Waals surface area contributed by atoms with Crippen molar-refractivity contribution in [3.63, 3.8) is 0 Å². The second-order valence-electron chi connectivity index (χ2n) is 5.33. The predicted molar refractivity (Wildman–Crippen MR) is 69.1 cm³/mol. The van der Waals surface area contributed by atoms with Crippen molar-refractivity contribution in [1.29, 1.82) is 0 Å². The van der Waals surface area contributed by atoms with Crippen LogP contribution in [-0.4, -0.2) is 30.6 Å². The van der Waals surface area contributed by atoms with Gasteiger partial charge in [0.15, 0.2) is 0 Å². The fraction of sp³-hybridized carbons (Fsp3) is 1.00. The molecule has 2 nitrogen and oxygen atoms in total. The molecule has 0 spiro atoms. The van der Waals surface area contributed by atoms with Gasteiger partial charge >= 0.3 is 0 Å². The Kier molecular flexibility index (Phi) is 7.20. The summed E-state index contributed by atoms with van der Waals surface area (Å²) in [6, 6.07) is 0.632. The van der Waals surface area contributed by atoms with Gasteiger partial charge in [0.05, 0.1) is 0 Å². The predicted octanol–water partition coefficient (Wildman–Crippen LogP) is 2.87. The average Bonchev–Trinajstić information content (AvgIpc) is 2.17. The maximum absolute atomic E-state index is 5.91. The molecule has 0 fully saturated rings. The van der Waals surface area contributed by atoms with Gasteiger partial charge in [0.25, 0.3) is 0 Å². The molecule has 0 aromatic carbocycles. The van der Waals surface area contributed by atoms with Gasteiger partial charge in [-0.15, -0.1) is 0 Å². The van der Waals surface area contributed by atoms with Crippen LogP contribution >= 0.6 is 0 Å². The van der Waals surface area contributed by atoms with Crippen LogP contribution in [-0.2, 0) is 0 Å². The first kappa shape index (κ1) is 14.9. The van der Waals surface area contributed by atoms with Gasteiger partial charge in [-0.25, -0.2) is 0 Å². The van der Waals surface area contributed by atoms with Crippen molar-refractivity contribution >= 4 is 0 Å². The maximum Gasteiger partial charge on any atom is 0.00501 e. The number of hydrogen-bond donors (Lipinski definition) is 1. The van der Waals surface area contributed by atoms with Gasteiger partial charge in [-0.1, -0.05) is 27.2 Å². The van der Waals surface area contributed by atoms with Gasteiger partial charge in [0, 0.05) is 12.6 Å². The van der Waals surface area contributed by atoms with Crippen molar-refractivity contribution in [3.8, 4) is 0 Å². The third-order valence-electron chi connectivity index (χ3n) is 3.17. The normalized spacial score (nSPS) is 16.0. The number of nitrogens with zero attached hydrogens (tertiary/aromatic N) is 1. The Morgan fingerprint density at radius 3 is 2.13 bits per heavy atom. The minimum atomic E-state index is 0.300. The van der Waals surface area contributed by atoms with Crippen LogP contribution in [0.5, 0.6) is 0 Å². The van der Waals surface area contributed by atoms with E-state index in [0.29, 0.717) is 11.5 Å². The Morgan fingerprint density at radius 2 is 1.80 bits per heavy atom. The molecule has 0 aromatic rings. The Morgan fingerprint density at radius 1 is 1.20 bits per heavy atom. The Bertz CT molecular complexity index is 157. The van der Waals surface area contributed by atoms with E-state index in [-0.39, 0.29) is 0 Å². The summed E-state index contributed by atoms with van der Waals surface area (Å²) in [7, 11) is 0. The van der Waals surface area contributed by atoms with Crippen LogP contribution in [0.2, 0.25) is 0 Å². The molecule has 0 saturated heterocycles. The van der Waals surface area contributed by atoms with Crippen molar-refractivity contribution in [2.24, 2.45) is 11.1 Å². The van der Waals surface area contributed by atoms with Gasteiger partial charge in [-0.05, 0) is 45.2 Å². The minimum absolute atomic E-state index is 0.300. The van der Waals surface area contributed by atoms with E-state index in [0.717, 1.165) is 13.1 Å². The third kappa shape index (κ3) is 5.53. The van der Waals surface area contributed by atoms with E-state index < -0.39 is 0 Å². The summed E-state index contributed by atoms with van der Waals surface area (Å²) in [6.07, 6.45) is 3.69. The molecule has 0 bridgehead atoms. The summed E-state index contributed by atoms with van der Waals surface area (Å²) < 4.78 is 0. The van der Waals surface area contributed by atoms with Crippen LogP contribution < -0.4 is 5.73 Å². The molecular weight excluding hydrogens is 184 g/mol. The molecule has 0 aliphatic carbocycles. The molecule has 0 heterocycles. The van der Waals surface area contributed by atoms with Crippen LogP contribution in [0.25, 0.3) is 0 Å². The largest absolute Gasteiger partial charge is 0.330 e. The van der Waals surface area contributed by atoms with Gasteiger partial charge in [-0.3, -0.25) is 0 Å². The van der Waals surface area contributed by atoms with Crippen molar-refractivity contribution in [3.05, 3.63) is 0 Å². The zero-order valence-electron chi connectivity index (χ0n) is 11.3. The quantitative estimate of drug-likeness (QED) is 0.673. The van der Waals surface area contributed by atoms with Gasteiger partial charge in [0.1, 0.15) is 0 Å². The van der Waals surface area contributed by atoms with E-state index in [2.05, 4.69) is 39.5 Å². The lowest BCUT2D eigenvalue weighted by atomic mass is 9.84. The van der Waals surface area contributed by atoms with E-state index in [9.17, 15) is 0 Å². The lowest BCUT2D eigenvalue weighted by molar-refractivity contribution is 0.129. The van der Waals surface area contributed by atoms with Crippen LogP contribution in [0.15, 0.2) is 0 Å². The number of nitrogens with two attached hydrogens (primary N) is 1. The van der Waals surface area contributed by atoms with Crippen molar-refractivity contribution in [2.75, 3.05) is 19.6 Å². The van der Waals surface area contributed by atoms with Crippen molar-refractivity contribution in [1.82, 2.24) is 4.90 Å². The monoisotopic (exact) mass is 214 g/mol. The molecular formula is C13H30N2. The molecule has 2 N–H and O–H groups in total. The molecule has 1 unspecified atom stereocenters. The smallest absolute Gasteiger partial charge is 0.00501 e. The van der Waals surface area contributed by atoms with E-state index >= 15 is 0 Å². The lowest BCUT2D eigenvalue weighted by Crippen LogP contribution is -2.44. The highest BCUT2D eigenvalue weighted by molar-refractivity contribution is 4.80. The number of rotatable bonds is 8. The lowest BCUT2D eigenvalue weighted by Gasteiger charge is -2.36. The van der Waals surface area contributed by atoms with E-state index in [1.54, 1.807) is 0 Å². The first-order chi connectivity index (χ1) is 6.99. The highest BCUT2D eigenvalue weighted by Gasteiger charge is 2.25. The van der Waals surface area contributed by atoms with Crippen molar-refractivity contribution in [2.45, 2.75) is 59.9 Å². The summed E-state index contributed by atoms with van der Waals surface area (Å²) in [5.41, 5.74) is 6.21. The highest BCUT2D eigenvalue weighted by atomic mass is 15.1. The van der Waals surface area contributed by atoms with E-state index in [4.69, 9.17) is 5.73 Å². The van der Waals surface area contributed by atoms with Crippen LogP contribution in [0.1, 0.15) is 53.9 Å². The SMILES string of the molecule is CCCN(CC(C)(CN)CCC)C(C)C. The molecule has 92 valence electrons. The molecule has 0 saturated carbocycles. The Balaban J connectivity index is 4.33.